The smallest absolute Gasteiger partial charge is 0.249 e. The van der Waals surface area contributed by atoms with Gasteiger partial charge in [-0.15, -0.1) is 0 Å². The van der Waals surface area contributed by atoms with Crippen LogP contribution in [0.1, 0.15) is 39.0 Å². The van der Waals surface area contributed by atoms with E-state index in [2.05, 4.69) is 5.32 Å². The third-order valence-electron chi connectivity index (χ3n) is 3.12. The minimum atomic E-state index is -0.182. The largest absolute Gasteiger partial charge is 0.368 e. The topological polar surface area (TPSA) is 38.3 Å². The zero-order valence-electron chi connectivity index (χ0n) is 9.50. The molecular weight excluding hydrogens is 190 g/mol. The fourth-order valence-corrected chi connectivity index (χ4v) is 1.73. The van der Waals surface area contributed by atoms with Crippen molar-refractivity contribution < 1.29 is 9.53 Å². The second kappa shape index (κ2) is 4.97. The number of hydrogen-bond acceptors (Lipinski definition) is 2. The molecule has 3 nitrogen and oxygen atoms in total. The molecular formula is C12H21NO2. The first-order valence-electron chi connectivity index (χ1n) is 6.19. The number of ether oxygens (including phenoxy) is 1. The Morgan fingerprint density at radius 3 is 2.53 bits per heavy atom. The van der Waals surface area contributed by atoms with E-state index in [1.807, 2.05) is 6.92 Å². The first-order chi connectivity index (χ1) is 7.29. The highest BCUT2D eigenvalue weighted by molar-refractivity contribution is 5.80. The lowest BCUT2D eigenvalue weighted by Gasteiger charge is -2.16. The first-order valence-corrected chi connectivity index (χ1v) is 6.19. The average molecular weight is 211 g/mol. The number of likely N-dealkylation sites (N-methyl/N-ethyl adjacent to an activating group) is 1. The number of carbonyl (C=O) groups excluding carboxylic acids is 1. The van der Waals surface area contributed by atoms with Crippen LogP contribution in [0.5, 0.6) is 0 Å². The van der Waals surface area contributed by atoms with Gasteiger partial charge in [-0.1, -0.05) is 12.8 Å². The van der Waals surface area contributed by atoms with Crippen molar-refractivity contribution in [3.05, 3.63) is 0 Å². The molecule has 1 atom stereocenters. The summed E-state index contributed by atoms with van der Waals surface area (Å²) in [7, 11) is 0. The number of amides is 1. The predicted octanol–water partition coefficient (Wildman–Crippen LogP) is 1.72. The molecule has 2 aliphatic rings. The van der Waals surface area contributed by atoms with E-state index in [9.17, 15) is 4.79 Å². The van der Waals surface area contributed by atoms with Crippen molar-refractivity contribution in [2.45, 2.75) is 45.1 Å². The van der Waals surface area contributed by atoms with E-state index in [1.165, 1.54) is 25.7 Å². The lowest BCUT2D eigenvalue weighted by molar-refractivity contribution is -0.133. The van der Waals surface area contributed by atoms with E-state index < -0.39 is 0 Å². The second-order valence-corrected chi connectivity index (χ2v) is 4.84. The Balaban J connectivity index is 1.73. The monoisotopic (exact) mass is 211 g/mol. The van der Waals surface area contributed by atoms with Crippen LogP contribution in [-0.4, -0.2) is 25.2 Å². The summed E-state index contributed by atoms with van der Waals surface area (Å²) in [6, 6.07) is 0. The molecule has 3 heteroatoms. The zero-order valence-corrected chi connectivity index (χ0v) is 9.50. The Bertz CT molecular complexity index is 222. The lowest BCUT2D eigenvalue weighted by Crippen LogP contribution is -2.37. The van der Waals surface area contributed by atoms with Gasteiger partial charge in [-0.05, 0) is 38.0 Å². The summed E-state index contributed by atoms with van der Waals surface area (Å²) in [6.07, 6.45) is 5.87. The highest BCUT2D eigenvalue weighted by atomic mass is 16.5. The van der Waals surface area contributed by atoms with Crippen molar-refractivity contribution in [3.8, 4) is 0 Å². The molecule has 0 spiro atoms. The highest BCUT2D eigenvalue weighted by Crippen LogP contribution is 2.35. The van der Waals surface area contributed by atoms with Gasteiger partial charge in [0.05, 0.1) is 6.61 Å². The Kier molecular flexibility index (Phi) is 3.62. The number of nitrogens with one attached hydrogen (secondary N) is 1. The standard InChI is InChI=1S/C12H21NO2/c1-2-13-12(14)11(7-9-3-4-9)15-8-10-5-6-10/h9-11H,2-8H2,1H3,(H,13,14). The van der Waals surface area contributed by atoms with E-state index in [0.717, 1.165) is 24.9 Å². The van der Waals surface area contributed by atoms with Gasteiger partial charge in [0.15, 0.2) is 0 Å². The Morgan fingerprint density at radius 2 is 2.00 bits per heavy atom. The van der Waals surface area contributed by atoms with Crippen LogP contribution >= 0.6 is 0 Å². The maximum Gasteiger partial charge on any atom is 0.249 e. The Hall–Kier alpha value is -0.570. The van der Waals surface area contributed by atoms with Gasteiger partial charge in [0.2, 0.25) is 5.91 Å². The molecule has 2 rings (SSSR count). The molecule has 15 heavy (non-hydrogen) atoms. The molecule has 0 radical (unpaired) electrons. The molecule has 0 aliphatic heterocycles. The molecule has 2 saturated carbocycles. The van der Waals surface area contributed by atoms with Crippen molar-refractivity contribution >= 4 is 5.91 Å². The van der Waals surface area contributed by atoms with Crippen molar-refractivity contribution in [3.63, 3.8) is 0 Å². The van der Waals surface area contributed by atoms with Crippen LogP contribution in [0.25, 0.3) is 0 Å². The molecule has 0 saturated heterocycles. The molecule has 1 amide bonds. The molecule has 0 heterocycles. The van der Waals surface area contributed by atoms with Gasteiger partial charge >= 0.3 is 0 Å². The normalized spacial score (nSPS) is 22.5. The quantitative estimate of drug-likeness (QED) is 0.696. The van der Waals surface area contributed by atoms with Crippen LogP contribution < -0.4 is 5.32 Å². The van der Waals surface area contributed by atoms with Crippen LogP contribution in [0.2, 0.25) is 0 Å². The maximum absolute atomic E-state index is 11.7. The predicted molar refractivity (Wildman–Crippen MR) is 58.5 cm³/mol. The number of rotatable bonds is 7. The van der Waals surface area contributed by atoms with Gasteiger partial charge in [-0.2, -0.15) is 0 Å². The highest BCUT2D eigenvalue weighted by Gasteiger charge is 2.31. The fraction of sp³-hybridized carbons (Fsp3) is 0.917. The van der Waals surface area contributed by atoms with Gasteiger partial charge in [0, 0.05) is 6.54 Å². The summed E-state index contributed by atoms with van der Waals surface area (Å²) in [5.74, 6) is 1.57. The van der Waals surface area contributed by atoms with Gasteiger partial charge in [-0.3, -0.25) is 4.79 Å². The maximum atomic E-state index is 11.7. The van der Waals surface area contributed by atoms with Crippen LogP contribution in [0.15, 0.2) is 0 Å². The third kappa shape index (κ3) is 3.82. The van der Waals surface area contributed by atoms with Gasteiger partial charge in [0.25, 0.3) is 0 Å². The molecule has 0 aromatic carbocycles. The minimum Gasteiger partial charge on any atom is -0.368 e. The summed E-state index contributed by atoms with van der Waals surface area (Å²) < 4.78 is 5.72. The SMILES string of the molecule is CCNC(=O)C(CC1CC1)OCC1CC1. The molecule has 2 fully saturated rings. The molecule has 0 aromatic heterocycles. The summed E-state index contributed by atoms with van der Waals surface area (Å²) in [5, 5.41) is 2.86. The molecule has 0 aromatic rings. The van der Waals surface area contributed by atoms with Gasteiger partial charge in [-0.25, -0.2) is 0 Å². The van der Waals surface area contributed by atoms with E-state index >= 15 is 0 Å². The van der Waals surface area contributed by atoms with Crippen molar-refractivity contribution in [1.29, 1.82) is 0 Å². The Labute approximate surface area is 91.6 Å². The average Bonchev–Trinajstić information content (AvgIpc) is 3.07. The summed E-state index contributed by atoms with van der Waals surface area (Å²) in [4.78, 5) is 11.7. The van der Waals surface area contributed by atoms with E-state index in [4.69, 9.17) is 4.74 Å². The van der Waals surface area contributed by atoms with Crippen molar-refractivity contribution in [1.82, 2.24) is 5.32 Å². The van der Waals surface area contributed by atoms with Crippen LogP contribution in [0.4, 0.5) is 0 Å². The molecule has 1 unspecified atom stereocenters. The van der Waals surface area contributed by atoms with E-state index in [-0.39, 0.29) is 12.0 Å². The number of carbonyl (C=O) groups is 1. The fourth-order valence-electron chi connectivity index (χ4n) is 1.73. The molecule has 2 aliphatic carbocycles. The van der Waals surface area contributed by atoms with Crippen molar-refractivity contribution in [2.75, 3.05) is 13.2 Å². The summed E-state index contributed by atoms with van der Waals surface area (Å²) in [6.45, 7) is 3.44. The van der Waals surface area contributed by atoms with E-state index in [1.54, 1.807) is 0 Å². The van der Waals surface area contributed by atoms with Crippen LogP contribution in [0, 0.1) is 11.8 Å². The first kappa shape index (κ1) is 10.9. The van der Waals surface area contributed by atoms with Gasteiger partial charge < -0.3 is 10.1 Å². The molecule has 0 bridgehead atoms. The van der Waals surface area contributed by atoms with E-state index in [0.29, 0.717) is 6.54 Å². The Morgan fingerprint density at radius 1 is 1.33 bits per heavy atom. The second-order valence-electron chi connectivity index (χ2n) is 4.84. The zero-order chi connectivity index (χ0) is 10.7. The lowest BCUT2D eigenvalue weighted by atomic mass is 10.1. The summed E-state index contributed by atoms with van der Waals surface area (Å²) >= 11 is 0. The molecule has 86 valence electrons. The van der Waals surface area contributed by atoms with Gasteiger partial charge in [0.1, 0.15) is 6.10 Å². The third-order valence-corrected chi connectivity index (χ3v) is 3.12. The van der Waals surface area contributed by atoms with Crippen LogP contribution in [-0.2, 0) is 9.53 Å². The number of hydrogen-bond donors (Lipinski definition) is 1. The summed E-state index contributed by atoms with van der Waals surface area (Å²) in [5.41, 5.74) is 0. The van der Waals surface area contributed by atoms with Crippen LogP contribution in [0.3, 0.4) is 0 Å². The minimum absolute atomic E-state index is 0.0880. The molecule has 1 N–H and O–H groups in total. The van der Waals surface area contributed by atoms with Crippen molar-refractivity contribution in [2.24, 2.45) is 11.8 Å².